The molecule has 0 fully saturated rings. The van der Waals surface area contributed by atoms with Crippen molar-refractivity contribution in [1.82, 2.24) is 0 Å². The van der Waals surface area contributed by atoms with E-state index in [1.54, 1.807) is 6.07 Å². The van der Waals surface area contributed by atoms with Crippen LogP contribution in [-0.2, 0) is 11.2 Å². The Balaban J connectivity index is 0.00000196. The van der Waals surface area contributed by atoms with Crippen LogP contribution in [0.15, 0.2) is 18.2 Å². The van der Waals surface area contributed by atoms with Crippen LogP contribution in [0.1, 0.15) is 21.5 Å². The molecule has 1 aromatic carbocycles. The Hall–Kier alpha value is -1.06. The minimum absolute atomic E-state index is 0. The fourth-order valence-electron chi connectivity index (χ4n) is 1.34. The predicted molar refractivity (Wildman–Crippen MR) is 62.5 cm³/mol. The number of benzene rings is 1. The third-order valence-electron chi connectivity index (χ3n) is 2.18. The van der Waals surface area contributed by atoms with Crippen LogP contribution >= 0.6 is 12.4 Å². The number of esters is 1. The highest BCUT2D eigenvalue weighted by atomic mass is 35.5. The lowest BCUT2D eigenvalue weighted by Crippen LogP contribution is -2.07. The molecule has 0 heterocycles. The number of carbonyl (C=O) groups is 1. The van der Waals surface area contributed by atoms with Gasteiger partial charge in [0.15, 0.2) is 0 Å². The van der Waals surface area contributed by atoms with Crippen molar-refractivity contribution in [1.29, 1.82) is 0 Å². The number of carbonyl (C=O) groups excluding carboxylic acids is 1. The maximum Gasteiger partial charge on any atom is 0.337 e. The van der Waals surface area contributed by atoms with Crippen molar-refractivity contribution in [3.63, 3.8) is 0 Å². The zero-order chi connectivity index (χ0) is 10.6. The van der Waals surface area contributed by atoms with Crippen LogP contribution in [0.5, 0.6) is 0 Å². The van der Waals surface area contributed by atoms with Crippen molar-refractivity contribution in [2.45, 2.75) is 13.3 Å². The first-order valence-electron chi connectivity index (χ1n) is 4.57. The molecule has 1 aromatic rings. The summed E-state index contributed by atoms with van der Waals surface area (Å²) in [6, 6.07) is 5.52. The molecule has 0 aliphatic rings. The van der Waals surface area contributed by atoms with Gasteiger partial charge >= 0.3 is 5.97 Å². The van der Waals surface area contributed by atoms with E-state index in [0.29, 0.717) is 12.1 Å². The maximum atomic E-state index is 11.2. The molecule has 0 bridgehead atoms. The summed E-state index contributed by atoms with van der Waals surface area (Å²) in [5.41, 5.74) is 8.32. The molecular formula is C11H16ClNO2. The smallest absolute Gasteiger partial charge is 0.337 e. The average Bonchev–Trinajstić information content (AvgIpc) is 2.20. The number of aryl methyl sites for hydroxylation is 1. The van der Waals surface area contributed by atoms with Crippen LogP contribution in [0.4, 0.5) is 0 Å². The number of methoxy groups -OCH3 is 1. The first kappa shape index (κ1) is 13.9. The van der Waals surface area contributed by atoms with Gasteiger partial charge in [0, 0.05) is 0 Å². The topological polar surface area (TPSA) is 52.3 Å². The van der Waals surface area contributed by atoms with E-state index >= 15 is 0 Å². The van der Waals surface area contributed by atoms with E-state index in [4.69, 9.17) is 5.73 Å². The van der Waals surface area contributed by atoms with Gasteiger partial charge in [0.2, 0.25) is 0 Å². The maximum absolute atomic E-state index is 11.2. The zero-order valence-corrected chi connectivity index (χ0v) is 9.76. The number of hydrogen-bond donors (Lipinski definition) is 1. The molecule has 84 valence electrons. The number of ether oxygens (including phenoxy) is 1. The average molecular weight is 230 g/mol. The van der Waals surface area contributed by atoms with Gasteiger partial charge in [-0.05, 0) is 43.1 Å². The van der Waals surface area contributed by atoms with E-state index in [1.807, 2.05) is 19.1 Å². The second-order valence-corrected chi connectivity index (χ2v) is 3.17. The van der Waals surface area contributed by atoms with E-state index in [9.17, 15) is 4.79 Å². The van der Waals surface area contributed by atoms with Crippen molar-refractivity contribution in [2.75, 3.05) is 13.7 Å². The quantitative estimate of drug-likeness (QED) is 0.803. The number of nitrogens with two attached hydrogens (primary N) is 1. The molecule has 0 spiro atoms. The van der Waals surface area contributed by atoms with Crippen molar-refractivity contribution < 1.29 is 9.53 Å². The molecule has 0 saturated carbocycles. The second kappa shape index (κ2) is 6.43. The molecular weight excluding hydrogens is 214 g/mol. The van der Waals surface area contributed by atoms with Gasteiger partial charge in [0.25, 0.3) is 0 Å². The van der Waals surface area contributed by atoms with Gasteiger partial charge in [0.05, 0.1) is 12.7 Å². The summed E-state index contributed by atoms with van der Waals surface area (Å²) in [6.45, 7) is 2.59. The number of rotatable bonds is 3. The van der Waals surface area contributed by atoms with Crippen LogP contribution in [0.3, 0.4) is 0 Å². The van der Waals surface area contributed by atoms with Crippen LogP contribution in [0, 0.1) is 6.92 Å². The Morgan fingerprint density at radius 3 is 2.67 bits per heavy atom. The molecule has 0 amide bonds. The Bertz CT molecular complexity index is 339. The van der Waals surface area contributed by atoms with Crippen LogP contribution < -0.4 is 5.73 Å². The second-order valence-electron chi connectivity index (χ2n) is 3.17. The molecule has 0 aliphatic carbocycles. The van der Waals surface area contributed by atoms with Crippen LogP contribution in [0.25, 0.3) is 0 Å². The largest absolute Gasteiger partial charge is 0.465 e. The van der Waals surface area contributed by atoms with Crippen molar-refractivity contribution in [2.24, 2.45) is 5.73 Å². The van der Waals surface area contributed by atoms with Gasteiger partial charge in [0.1, 0.15) is 0 Å². The zero-order valence-electron chi connectivity index (χ0n) is 8.95. The lowest BCUT2D eigenvalue weighted by Gasteiger charge is -2.06. The molecule has 0 aromatic heterocycles. The summed E-state index contributed by atoms with van der Waals surface area (Å²) < 4.78 is 4.64. The molecule has 0 aliphatic heterocycles. The van der Waals surface area contributed by atoms with E-state index in [1.165, 1.54) is 7.11 Å². The summed E-state index contributed by atoms with van der Waals surface area (Å²) in [5, 5.41) is 0. The monoisotopic (exact) mass is 229 g/mol. The van der Waals surface area contributed by atoms with E-state index in [2.05, 4.69) is 4.74 Å². The Morgan fingerprint density at radius 2 is 2.13 bits per heavy atom. The van der Waals surface area contributed by atoms with Crippen molar-refractivity contribution in [3.05, 3.63) is 34.9 Å². The molecule has 4 heteroatoms. The fourth-order valence-corrected chi connectivity index (χ4v) is 1.34. The third kappa shape index (κ3) is 3.53. The van der Waals surface area contributed by atoms with Gasteiger partial charge in [-0.15, -0.1) is 12.4 Å². The highest BCUT2D eigenvalue weighted by molar-refractivity contribution is 5.89. The van der Waals surface area contributed by atoms with Crippen LogP contribution in [0.2, 0.25) is 0 Å². The summed E-state index contributed by atoms with van der Waals surface area (Å²) in [5.74, 6) is -0.303. The number of hydrogen-bond acceptors (Lipinski definition) is 3. The molecule has 0 saturated heterocycles. The third-order valence-corrected chi connectivity index (χ3v) is 2.18. The molecule has 0 radical (unpaired) electrons. The molecule has 15 heavy (non-hydrogen) atoms. The first-order chi connectivity index (χ1) is 6.69. The van der Waals surface area contributed by atoms with Gasteiger partial charge in [-0.25, -0.2) is 4.79 Å². The van der Waals surface area contributed by atoms with Gasteiger partial charge in [-0.1, -0.05) is 6.07 Å². The molecule has 3 nitrogen and oxygen atoms in total. The molecule has 1 rings (SSSR count). The number of halogens is 1. The van der Waals surface area contributed by atoms with E-state index in [0.717, 1.165) is 17.5 Å². The Kier molecular flexibility index (Phi) is 5.97. The summed E-state index contributed by atoms with van der Waals surface area (Å²) >= 11 is 0. The van der Waals surface area contributed by atoms with Crippen molar-refractivity contribution >= 4 is 18.4 Å². The highest BCUT2D eigenvalue weighted by Gasteiger charge is 2.06. The van der Waals surface area contributed by atoms with Crippen LogP contribution in [-0.4, -0.2) is 19.6 Å². The van der Waals surface area contributed by atoms with Gasteiger partial charge in [-0.2, -0.15) is 0 Å². The van der Waals surface area contributed by atoms with Crippen molar-refractivity contribution in [3.8, 4) is 0 Å². The molecule has 0 unspecified atom stereocenters. The predicted octanol–water partition coefficient (Wildman–Crippen LogP) is 1.70. The van der Waals surface area contributed by atoms with E-state index in [-0.39, 0.29) is 18.4 Å². The molecule has 0 atom stereocenters. The van der Waals surface area contributed by atoms with Gasteiger partial charge < -0.3 is 10.5 Å². The Labute approximate surface area is 96.0 Å². The lowest BCUT2D eigenvalue weighted by atomic mass is 10.0. The minimum Gasteiger partial charge on any atom is -0.465 e. The molecule has 2 N–H and O–H groups in total. The fraction of sp³-hybridized carbons (Fsp3) is 0.364. The summed E-state index contributed by atoms with van der Waals surface area (Å²) in [4.78, 5) is 11.2. The highest BCUT2D eigenvalue weighted by Crippen LogP contribution is 2.12. The normalized spacial score (nSPS) is 9.27. The minimum atomic E-state index is -0.303. The lowest BCUT2D eigenvalue weighted by molar-refractivity contribution is 0.0600. The SMILES string of the molecule is COC(=O)c1ccc(C)c(CCN)c1.Cl. The van der Waals surface area contributed by atoms with E-state index < -0.39 is 0 Å². The standard InChI is InChI=1S/C11H15NO2.ClH/c1-8-3-4-10(11(13)14-2)7-9(8)5-6-12;/h3-4,7H,5-6,12H2,1-2H3;1H. The summed E-state index contributed by atoms with van der Waals surface area (Å²) in [6.07, 6.45) is 0.788. The summed E-state index contributed by atoms with van der Waals surface area (Å²) in [7, 11) is 1.38. The Morgan fingerprint density at radius 1 is 1.47 bits per heavy atom. The first-order valence-corrected chi connectivity index (χ1v) is 4.57. The van der Waals surface area contributed by atoms with Gasteiger partial charge in [-0.3, -0.25) is 0 Å².